The molecule has 0 aromatic heterocycles. The van der Waals surface area contributed by atoms with Crippen molar-refractivity contribution in [3.63, 3.8) is 0 Å². The van der Waals surface area contributed by atoms with Crippen LogP contribution >= 0.6 is 11.8 Å². The summed E-state index contributed by atoms with van der Waals surface area (Å²) >= 11 is 1.90. The van der Waals surface area contributed by atoms with Gasteiger partial charge in [-0.15, -0.1) is 0 Å². The van der Waals surface area contributed by atoms with E-state index in [-0.39, 0.29) is 10.6 Å². The van der Waals surface area contributed by atoms with E-state index in [0.29, 0.717) is 11.6 Å². The predicted molar refractivity (Wildman–Crippen MR) is 112 cm³/mol. The van der Waals surface area contributed by atoms with Crippen LogP contribution in [0.4, 0.5) is 11.4 Å². The second-order valence-electron chi connectivity index (χ2n) is 8.36. The van der Waals surface area contributed by atoms with Gasteiger partial charge in [-0.1, -0.05) is 50.3 Å². The van der Waals surface area contributed by atoms with Crippen LogP contribution < -0.4 is 0 Å². The number of aliphatic imine (C=N–C) groups is 1. The Labute approximate surface area is 165 Å². The van der Waals surface area contributed by atoms with E-state index in [1.807, 2.05) is 24.8 Å². The molecule has 146 valence electrons. The summed E-state index contributed by atoms with van der Waals surface area (Å²) in [6.45, 7) is 1.92. The lowest BCUT2D eigenvalue weighted by Gasteiger charge is -2.41. The SMILES string of the molecule is Cc1cc([N+](=O)[O-])ccc1N=C1SCC2(CCCC2)N1C1CCCCCC1. The molecule has 0 atom stereocenters. The summed E-state index contributed by atoms with van der Waals surface area (Å²) in [5.74, 6) is 1.15. The molecule has 2 saturated carbocycles. The van der Waals surface area contributed by atoms with Gasteiger partial charge in [0.1, 0.15) is 0 Å². The highest BCUT2D eigenvalue weighted by Crippen LogP contribution is 2.48. The molecule has 27 heavy (non-hydrogen) atoms. The topological polar surface area (TPSA) is 58.7 Å². The van der Waals surface area contributed by atoms with Crippen LogP contribution in [-0.2, 0) is 0 Å². The zero-order chi connectivity index (χ0) is 18.9. The molecule has 1 spiro atoms. The number of thioether (sulfide) groups is 1. The number of hydrogen-bond donors (Lipinski definition) is 0. The summed E-state index contributed by atoms with van der Waals surface area (Å²) < 4.78 is 0. The summed E-state index contributed by atoms with van der Waals surface area (Å²) in [4.78, 5) is 18.4. The van der Waals surface area contributed by atoms with Crippen molar-refractivity contribution < 1.29 is 4.92 Å². The van der Waals surface area contributed by atoms with E-state index in [9.17, 15) is 10.1 Å². The van der Waals surface area contributed by atoms with Gasteiger partial charge in [-0.25, -0.2) is 4.99 Å². The first-order valence-electron chi connectivity index (χ1n) is 10.3. The molecule has 1 aromatic carbocycles. The average molecular weight is 388 g/mol. The summed E-state index contributed by atoms with van der Waals surface area (Å²) in [5, 5.41) is 12.2. The van der Waals surface area contributed by atoms with Gasteiger partial charge in [-0.3, -0.25) is 10.1 Å². The first kappa shape index (κ1) is 18.8. The van der Waals surface area contributed by atoms with E-state index in [1.54, 1.807) is 12.1 Å². The molecule has 5 nitrogen and oxygen atoms in total. The standard InChI is InChI=1S/C21H29N3O2S/c1-16-14-18(24(25)26)10-11-19(16)22-20-23(17-8-4-2-3-5-9-17)21(15-27-20)12-6-7-13-21/h10-11,14,17H,2-9,12-13,15H2,1H3. The third-order valence-electron chi connectivity index (χ3n) is 6.52. The normalized spacial score (nSPS) is 24.6. The number of nitro benzene ring substituents is 1. The first-order valence-corrected chi connectivity index (χ1v) is 11.3. The summed E-state index contributed by atoms with van der Waals surface area (Å²) in [6.07, 6.45) is 13.2. The van der Waals surface area contributed by atoms with Crippen LogP contribution in [0.25, 0.3) is 0 Å². The molecule has 0 amide bonds. The Balaban J connectivity index is 1.67. The molecule has 1 aromatic rings. The van der Waals surface area contributed by atoms with Gasteiger partial charge in [0.2, 0.25) is 0 Å². The smallest absolute Gasteiger partial charge is 0.269 e. The molecule has 0 unspecified atom stereocenters. The van der Waals surface area contributed by atoms with Crippen molar-refractivity contribution in [2.24, 2.45) is 4.99 Å². The quantitative estimate of drug-likeness (QED) is 0.364. The lowest BCUT2D eigenvalue weighted by molar-refractivity contribution is -0.384. The van der Waals surface area contributed by atoms with Crippen LogP contribution in [0.1, 0.15) is 69.8 Å². The summed E-state index contributed by atoms with van der Waals surface area (Å²) in [6, 6.07) is 5.64. The third-order valence-corrected chi connectivity index (χ3v) is 7.75. The van der Waals surface area contributed by atoms with Crippen molar-refractivity contribution in [2.45, 2.75) is 82.7 Å². The van der Waals surface area contributed by atoms with Gasteiger partial charge >= 0.3 is 0 Å². The van der Waals surface area contributed by atoms with Gasteiger partial charge in [-0.2, -0.15) is 0 Å². The molecule has 0 radical (unpaired) electrons. The second-order valence-corrected chi connectivity index (χ2v) is 9.30. The second kappa shape index (κ2) is 7.82. The minimum absolute atomic E-state index is 0.142. The van der Waals surface area contributed by atoms with Gasteiger partial charge in [0.05, 0.1) is 16.1 Å². The molecule has 6 heteroatoms. The molecule has 1 aliphatic heterocycles. The van der Waals surface area contributed by atoms with Crippen molar-refractivity contribution in [1.29, 1.82) is 0 Å². The highest BCUT2D eigenvalue weighted by Gasteiger charge is 2.49. The molecule has 4 rings (SSSR count). The Hall–Kier alpha value is -1.56. The fraction of sp³-hybridized carbons (Fsp3) is 0.667. The lowest BCUT2D eigenvalue weighted by Crippen LogP contribution is -2.51. The minimum Gasteiger partial charge on any atom is -0.342 e. The Bertz CT molecular complexity index is 735. The van der Waals surface area contributed by atoms with E-state index in [4.69, 9.17) is 4.99 Å². The van der Waals surface area contributed by atoms with Gasteiger partial charge < -0.3 is 4.90 Å². The van der Waals surface area contributed by atoms with E-state index in [0.717, 1.165) is 22.2 Å². The van der Waals surface area contributed by atoms with Crippen molar-refractivity contribution in [3.8, 4) is 0 Å². The van der Waals surface area contributed by atoms with E-state index in [1.165, 1.54) is 64.2 Å². The van der Waals surface area contributed by atoms with E-state index >= 15 is 0 Å². The van der Waals surface area contributed by atoms with Crippen LogP contribution in [0.3, 0.4) is 0 Å². The monoisotopic (exact) mass is 387 g/mol. The predicted octanol–water partition coefficient (Wildman–Crippen LogP) is 5.98. The zero-order valence-corrected chi connectivity index (χ0v) is 17.0. The third kappa shape index (κ3) is 3.73. The maximum absolute atomic E-state index is 11.0. The molecule has 0 bridgehead atoms. The van der Waals surface area contributed by atoms with Crippen molar-refractivity contribution in [1.82, 2.24) is 4.90 Å². The fourth-order valence-corrected chi connectivity index (χ4v) is 6.56. The van der Waals surface area contributed by atoms with E-state index < -0.39 is 0 Å². The molecule has 2 aliphatic carbocycles. The fourth-order valence-electron chi connectivity index (χ4n) is 5.09. The molecule has 1 heterocycles. The molecular weight excluding hydrogens is 358 g/mol. The minimum atomic E-state index is -0.334. The van der Waals surface area contributed by atoms with Gasteiger partial charge in [0.15, 0.2) is 5.17 Å². The van der Waals surface area contributed by atoms with Crippen LogP contribution in [0.2, 0.25) is 0 Å². The Morgan fingerprint density at radius 1 is 1.15 bits per heavy atom. The summed E-state index contributed by atoms with van der Waals surface area (Å²) in [5.41, 5.74) is 2.19. The van der Waals surface area contributed by atoms with Crippen molar-refractivity contribution in [3.05, 3.63) is 33.9 Å². The maximum Gasteiger partial charge on any atom is 0.269 e. The van der Waals surface area contributed by atoms with Crippen LogP contribution in [0.15, 0.2) is 23.2 Å². The lowest BCUT2D eigenvalue weighted by atomic mass is 9.94. The molecule has 3 fully saturated rings. The van der Waals surface area contributed by atoms with Gasteiger partial charge in [-0.05, 0) is 44.2 Å². The number of amidine groups is 1. The van der Waals surface area contributed by atoms with Crippen molar-refractivity contribution in [2.75, 3.05) is 5.75 Å². The highest BCUT2D eigenvalue weighted by atomic mass is 32.2. The number of aryl methyl sites for hydroxylation is 1. The highest BCUT2D eigenvalue weighted by molar-refractivity contribution is 8.14. The zero-order valence-electron chi connectivity index (χ0n) is 16.2. The molecule has 1 saturated heterocycles. The molecule has 3 aliphatic rings. The molecule has 0 N–H and O–H groups in total. The average Bonchev–Trinajstić information content (AvgIpc) is 3.16. The van der Waals surface area contributed by atoms with Crippen LogP contribution in [0, 0.1) is 17.0 Å². The number of non-ortho nitro benzene ring substituents is 1. The van der Waals surface area contributed by atoms with Gasteiger partial charge in [0.25, 0.3) is 5.69 Å². The largest absolute Gasteiger partial charge is 0.342 e. The van der Waals surface area contributed by atoms with Crippen LogP contribution in [-0.4, -0.2) is 32.3 Å². The number of nitro groups is 1. The number of nitrogens with zero attached hydrogens (tertiary/aromatic N) is 3. The number of hydrogen-bond acceptors (Lipinski definition) is 4. The maximum atomic E-state index is 11.0. The van der Waals surface area contributed by atoms with Crippen LogP contribution in [0.5, 0.6) is 0 Å². The van der Waals surface area contributed by atoms with Gasteiger partial charge in [0, 0.05) is 23.9 Å². The van der Waals surface area contributed by atoms with E-state index in [2.05, 4.69) is 4.90 Å². The Morgan fingerprint density at radius 2 is 1.85 bits per heavy atom. The number of benzene rings is 1. The number of rotatable bonds is 3. The summed E-state index contributed by atoms with van der Waals surface area (Å²) in [7, 11) is 0. The molecular formula is C21H29N3O2S. The Morgan fingerprint density at radius 3 is 2.48 bits per heavy atom. The Kier molecular flexibility index (Phi) is 5.44. The first-order chi connectivity index (χ1) is 13.1. The van der Waals surface area contributed by atoms with Crippen molar-refractivity contribution >= 4 is 28.3 Å².